The third-order valence-corrected chi connectivity index (χ3v) is 6.91. The molecule has 2 aliphatic rings. The van der Waals surface area contributed by atoms with Crippen LogP contribution in [-0.2, 0) is 14.3 Å². The summed E-state index contributed by atoms with van der Waals surface area (Å²) in [6.07, 6.45) is 2.42. The third-order valence-electron chi connectivity index (χ3n) is 6.91. The van der Waals surface area contributed by atoms with E-state index in [0.29, 0.717) is 12.8 Å². The minimum Gasteiger partial charge on any atom is -0.480 e. The van der Waals surface area contributed by atoms with Gasteiger partial charge in [-0.05, 0) is 49.2 Å². The maximum absolute atomic E-state index is 12.9. The van der Waals surface area contributed by atoms with Gasteiger partial charge < -0.3 is 25.4 Å². The molecule has 2 amide bonds. The smallest absolute Gasteiger partial charge is 0.407 e. The zero-order valence-electron chi connectivity index (χ0n) is 20.2. The van der Waals surface area contributed by atoms with Gasteiger partial charge in [-0.3, -0.25) is 4.79 Å². The molecule has 35 heavy (non-hydrogen) atoms. The average molecular weight is 480 g/mol. The lowest BCUT2D eigenvalue weighted by Gasteiger charge is -2.32. The fraction of sp³-hybridized carbons (Fsp3) is 0.444. The Hall–Kier alpha value is -3.39. The van der Waals surface area contributed by atoms with Crippen molar-refractivity contribution in [2.75, 3.05) is 27.2 Å². The summed E-state index contributed by atoms with van der Waals surface area (Å²) in [7, 11) is 3.51. The lowest BCUT2D eigenvalue weighted by Crippen LogP contribution is -2.53. The van der Waals surface area contributed by atoms with Crippen LogP contribution in [0.15, 0.2) is 48.5 Å². The SMILES string of the molecule is CN(C)C[C@H](NC(=O)[C@H]1CCCC[C@H]1NC(=O)OCC1c2ccccc2-c2ccccc21)C(=O)O. The van der Waals surface area contributed by atoms with Crippen molar-refractivity contribution in [2.45, 2.75) is 43.7 Å². The number of carbonyl (C=O) groups is 3. The third kappa shape index (κ3) is 5.65. The van der Waals surface area contributed by atoms with Crippen LogP contribution in [0.4, 0.5) is 4.79 Å². The normalized spacial score (nSPS) is 20.0. The van der Waals surface area contributed by atoms with E-state index in [-0.39, 0.29) is 25.0 Å². The molecule has 0 heterocycles. The first-order chi connectivity index (χ1) is 16.8. The molecule has 0 aliphatic heterocycles. The number of carbonyl (C=O) groups excluding carboxylic acids is 2. The van der Waals surface area contributed by atoms with E-state index in [0.717, 1.165) is 35.1 Å². The van der Waals surface area contributed by atoms with Crippen LogP contribution in [0, 0.1) is 5.92 Å². The first kappa shape index (κ1) is 24.7. The zero-order chi connectivity index (χ0) is 24.9. The Labute approximate surface area is 205 Å². The highest BCUT2D eigenvalue weighted by atomic mass is 16.5. The highest BCUT2D eigenvalue weighted by molar-refractivity contribution is 5.86. The minimum atomic E-state index is -1.08. The molecule has 186 valence electrons. The standard InChI is InChI=1S/C27H33N3O5/c1-30(2)15-24(26(32)33)28-25(31)21-13-7-8-14-23(21)29-27(34)35-16-22-19-11-5-3-9-17(19)18-10-4-6-12-20(18)22/h3-6,9-12,21-24H,7-8,13-16H2,1-2H3,(H,28,31)(H,29,34)(H,32,33)/t21-,23+,24-/m0/s1. The largest absolute Gasteiger partial charge is 0.480 e. The summed E-state index contributed by atoms with van der Waals surface area (Å²) in [5.41, 5.74) is 4.59. The Balaban J connectivity index is 1.38. The Kier molecular flexibility index (Phi) is 7.70. The molecule has 0 bridgehead atoms. The molecular weight excluding hydrogens is 446 g/mol. The van der Waals surface area contributed by atoms with Gasteiger partial charge in [-0.25, -0.2) is 9.59 Å². The number of nitrogens with zero attached hydrogens (tertiary/aromatic N) is 1. The van der Waals surface area contributed by atoms with Gasteiger partial charge in [0.15, 0.2) is 0 Å². The summed E-state index contributed by atoms with van der Waals surface area (Å²) in [6.45, 7) is 0.394. The van der Waals surface area contributed by atoms with E-state index in [2.05, 4.69) is 34.9 Å². The Morgan fingerprint density at radius 1 is 1.00 bits per heavy atom. The summed E-state index contributed by atoms with van der Waals surface area (Å²) >= 11 is 0. The van der Waals surface area contributed by atoms with Crippen LogP contribution in [0.25, 0.3) is 11.1 Å². The number of rotatable bonds is 8. The molecule has 0 radical (unpaired) electrons. The molecule has 2 aromatic carbocycles. The second kappa shape index (κ2) is 10.9. The molecule has 3 N–H and O–H groups in total. The first-order valence-electron chi connectivity index (χ1n) is 12.1. The molecule has 1 fully saturated rings. The predicted molar refractivity (Wildman–Crippen MR) is 132 cm³/mol. The average Bonchev–Trinajstić information content (AvgIpc) is 3.16. The van der Waals surface area contributed by atoms with Gasteiger partial charge in [-0.2, -0.15) is 0 Å². The summed E-state index contributed by atoms with van der Waals surface area (Å²) in [6, 6.07) is 14.9. The molecule has 0 unspecified atom stereocenters. The molecule has 0 aromatic heterocycles. The minimum absolute atomic E-state index is 0.0408. The van der Waals surface area contributed by atoms with Crippen molar-refractivity contribution < 1.29 is 24.2 Å². The number of ether oxygens (including phenoxy) is 1. The van der Waals surface area contributed by atoms with Crippen LogP contribution >= 0.6 is 0 Å². The summed E-state index contributed by atoms with van der Waals surface area (Å²) in [5.74, 6) is -1.96. The zero-order valence-corrected chi connectivity index (χ0v) is 20.2. The van der Waals surface area contributed by atoms with Crippen LogP contribution in [0.1, 0.15) is 42.7 Å². The quantitative estimate of drug-likeness (QED) is 0.537. The van der Waals surface area contributed by atoms with Gasteiger partial charge >= 0.3 is 12.1 Å². The molecular formula is C27H33N3O5. The van der Waals surface area contributed by atoms with Gasteiger partial charge in [0.05, 0.1) is 5.92 Å². The van der Waals surface area contributed by atoms with Crippen LogP contribution in [0.5, 0.6) is 0 Å². The number of aliphatic carboxylic acids is 1. The van der Waals surface area contributed by atoms with E-state index in [1.165, 1.54) is 0 Å². The highest BCUT2D eigenvalue weighted by Gasteiger charge is 2.35. The van der Waals surface area contributed by atoms with Crippen molar-refractivity contribution in [1.82, 2.24) is 15.5 Å². The summed E-state index contributed by atoms with van der Waals surface area (Å²) in [4.78, 5) is 39.0. The number of likely N-dealkylation sites (N-methyl/N-ethyl adjacent to an activating group) is 1. The lowest BCUT2D eigenvalue weighted by atomic mass is 9.83. The summed E-state index contributed by atoms with van der Waals surface area (Å²) < 4.78 is 5.66. The molecule has 3 atom stereocenters. The van der Waals surface area contributed by atoms with Gasteiger partial charge in [-0.1, -0.05) is 61.4 Å². The van der Waals surface area contributed by atoms with Crippen molar-refractivity contribution >= 4 is 18.0 Å². The molecule has 4 rings (SSSR count). The topological polar surface area (TPSA) is 108 Å². The second-order valence-electron chi connectivity index (χ2n) is 9.63. The van der Waals surface area contributed by atoms with E-state index < -0.39 is 30.1 Å². The van der Waals surface area contributed by atoms with E-state index in [1.807, 2.05) is 24.3 Å². The van der Waals surface area contributed by atoms with Gasteiger partial charge in [0.1, 0.15) is 12.6 Å². The Bertz CT molecular complexity index is 1040. The summed E-state index contributed by atoms with van der Waals surface area (Å²) in [5, 5.41) is 15.0. The Morgan fingerprint density at radius 3 is 2.20 bits per heavy atom. The number of fused-ring (bicyclic) bond motifs is 3. The maximum Gasteiger partial charge on any atom is 0.407 e. The van der Waals surface area contributed by atoms with Crippen molar-refractivity contribution in [3.8, 4) is 11.1 Å². The van der Waals surface area contributed by atoms with Gasteiger partial charge in [0, 0.05) is 18.5 Å². The van der Waals surface area contributed by atoms with Crippen molar-refractivity contribution in [1.29, 1.82) is 0 Å². The highest BCUT2D eigenvalue weighted by Crippen LogP contribution is 2.44. The fourth-order valence-corrected chi connectivity index (χ4v) is 5.24. The predicted octanol–water partition coefficient (Wildman–Crippen LogP) is 3.21. The molecule has 2 aromatic rings. The lowest BCUT2D eigenvalue weighted by molar-refractivity contribution is -0.143. The molecule has 8 nitrogen and oxygen atoms in total. The van der Waals surface area contributed by atoms with Crippen molar-refractivity contribution in [3.05, 3.63) is 59.7 Å². The van der Waals surface area contributed by atoms with Gasteiger partial charge in [-0.15, -0.1) is 0 Å². The van der Waals surface area contributed by atoms with Crippen LogP contribution in [0.2, 0.25) is 0 Å². The Morgan fingerprint density at radius 2 is 1.60 bits per heavy atom. The molecule has 0 saturated heterocycles. The number of hydrogen-bond donors (Lipinski definition) is 3. The van der Waals surface area contributed by atoms with E-state index in [1.54, 1.807) is 19.0 Å². The van der Waals surface area contributed by atoms with E-state index in [9.17, 15) is 19.5 Å². The monoisotopic (exact) mass is 479 g/mol. The maximum atomic E-state index is 12.9. The molecule has 8 heteroatoms. The molecule has 1 saturated carbocycles. The van der Waals surface area contributed by atoms with Crippen LogP contribution in [-0.4, -0.2) is 67.3 Å². The number of alkyl carbamates (subject to hydrolysis) is 1. The molecule has 0 spiro atoms. The van der Waals surface area contributed by atoms with Crippen LogP contribution < -0.4 is 10.6 Å². The number of amides is 2. The number of nitrogens with one attached hydrogen (secondary N) is 2. The van der Waals surface area contributed by atoms with E-state index in [4.69, 9.17) is 4.74 Å². The number of benzene rings is 2. The number of carboxylic acid groups (broad SMARTS) is 1. The number of hydrogen-bond acceptors (Lipinski definition) is 5. The molecule has 2 aliphatic carbocycles. The van der Waals surface area contributed by atoms with Crippen molar-refractivity contribution in [3.63, 3.8) is 0 Å². The fourth-order valence-electron chi connectivity index (χ4n) is 5.24. The van der Waals surface area contributed by atoms with E-state index >= 15 is 0 Å². The second-order valence-corrected chi connectivity index (χ2v) is 9.63. The van der Waals surface area contributed by atoms with Crippen LogP contribution in [0.3, 0.4) is 0 Å². The van der Waals surface area contributed by atoms with Gasteiger partial charge in [0.25, 0.3) is 0 Å². The number of carboxylic acids is 1. The van der Waals surface area contributed by atoms with Crippen molar-refractivity contribution in [2.24, 2.45) is 5.92 Å². The first-order valence-corrected chi connectivity index (χ1v) is 12.1. The van der Waals surface area contributed by atoms with Gasteiger partial charge in [0.2, 0.25) is 5.91 Å².